The minimum Gasteiger partial charge on any atom is -0.346 e. The van der Waals surface area contributed by atoms with Crippen LogP contribution in [0.5, 0.6) is 0 Å². The van der Waals surface area contributed by atoms with Crippen molar-refractivity contribution < 1.29 is 31.1 Å². The molecule has 148 valence electrons. The van der Waals surface area contributed by atoms with Crippen molar-refractivity contribution in [1.29, 1.82) is 0 Å². The van der Waals surface area contributed by atoms with Gasteiger partial charge in [0.1, 0.15) is 5.65 Å². The fourth-order valence-corrected chi connectivity index (χ4v) is 2.61. The first-order chi connectivity index (χ1) is 12.9. The van der Waals surface area contributed by atoms with Crippen molar-refractivity contribution in [2.45, 2.75) is 18.9 Å². The topological polar surface area (TPSA) is 46.4 Å². The van der Waals surface area contributed by atoms with Crippen LogP contribution >= 0.6 is 11.6 Å². The summed E-state index contributed by atoms with van der Waals surface area (Å²) in [6.07, 6.45) is -6.91. The summed E-state index contributed by atoms with van der Waals surface area (Å²) in [5, 5.41) is 2.69. The molecule has 0 radical (unpaired) electrons. The number of carbonyl (C=O) groups is 1. The number of hydrogen-bond donors (Lipinski definition) is 1. The molecule has 28 heavy (non-hydrogen) atoms. The minimum atomic E-state index is -5.03. The Hall–Kier alpha value is -2.75. The second-order valence-corrected chi connectivity index (χ2v) is 6.26. The van der Waals surface area contributed by atoms with Crippen molar-refractivity contribution in [3.05, 3.63) is 70.1 Å². The van der Waals surface area contributed by atoms with E-state index >= 15 is 0 Å². The summed E-state index contributed by atoms with van der Waals surface area (Å²) in [5.41, 5.74) is -3.06. The van der Waals surface area contributed by atoms with Crippen LogP contribution < -0.4 is 5.32 Å². The molecule has 0 bridgehead atoms. The van der Waals surface area contributed by atoms with Gasteiger partial charge >= 0.3 is 12.4 Å². The summed E-state index contributed by atoms with van der Waals surface area (Å²) in [4.78, 5) is 16.3. The first kappa shape index (κ1) is 20.0. The molecule has 0 spiro atoms. The fraction of sp³-hybridized carbons (Fsp3) is 0.176. The Balaban J connectivity index is 1.84. The molecule has 3 aromatic rings. The summed E-state index contributed by atoms with van der Waals surface area (Å²) in [6.45, 7) is -0.199. The molecule has 1 amide bonds. The van der Waals surface area contributed by atoms with Gasteiger partial charge in [-0.25, -0.2) is 4.98 Å². The third kappa shape index (κ3) is 4.38. The second kappa shape index (κ2) is 7.01. The van der Waals surface area contributed by atoms with Gasteiger partial charge in [0.2, 0.25) is 0 Å². The molecule has 2 aromatic heterocycles. The maximum atomic E-state index is 12.9. The number of aromatic nitrogens is 2. The van der Waals surface area contributed by atoms with Gasteiger partial charge in [-0.1, -0.05) is 11.6 Å². The number of benzene rings is 1. The van der Waals surface area contributed by atoms with Crippen molar-refractivity contribution in [3.8, 4) is 0 Å². The maximum absolute atomic E-state index is 12.9. The highest BCUT2D eigenvalue weighted by Gasteiger charge is 2.37. The van der Waals surface area contributed by atoms with E-state index in [4.69, 9.17) is 11.6 Å². The largest absolute Gasteiger partial charge is 0.416 e. The maximum Gasteiger partial charge on any atom is 0.416 e. The van der Waals surface area contributed by atoms with E-state index in [2.05, 4.69) is 10.3 Å². The number of imidazole rings is 1. The van der Waals surface area contributed by atoms with Gasteiger partial charge in [0, 0.05) is 23.0 Å². The molecule has 3 rings (SSSR count). The van der Waals surface area contributed by atoms with Gasteiger partial charge in [-0.15, -0.1) is 0 Å². The zero-order valence-electron chi connectivity index (χ0n) is 13.7. The molecular formula is C17H10ClF6N3O. The summed E-state index contributed by atoms with van der Waals surface area (Å²) in [5.74, 6) is -1.09. The van der Waals surface area contributed by atoms with Crippen molar-refractivity contribution in [1.82, 2.24) is 14.7 Å². The number of alkyl halides is 6. The highest BCUT2D eigenvalue weighted by atomic mass is 35.5. The monoisotopic (exact) mass is 421 g/mol. The lowest BCUT2D eigenvalue weighted by Crippen LogP contribution is -2.24. The van der Waals surface area contributed by atoms with Crippen LogP contribution in [0.4, 0.5) is 26.3 Å². The third-order valence-electron chi connectivity index (χ3n) is 3.75. The summed E-state index contributed by atoms with van der Waals surface area (Å²) in [6, 6.07) is 3.85. The summed E-state index contributed by atoms with van der Waals surface area (Å²) >= 11 is 5.83. The van der Waals surface area contributed by atoms with Crippen LogP contribution in [-0.2, 0) is 18.9 Å². The van der Waals surface area contributed by atoms with Crippen LogP contribution in [-0.4, -0.2) is 15.3 Å². The van der Waals surface area contributed by atoms with Crippen molar-refractivity contribution in [2.24, 2.45) is 0 Å². The van der Waals surface area contributed by atoms with E-state index in [1.807, 2.05) is 0 Å². The lowest BCUT2D eigenvalue weighted by molar-refractivity contribution is -0.143. The number of fused-ring (bicyclic) bond motifs is 1. The predicted molar refractivity (Wildman–Crippen MR) is 87.8 cm³/mol. The van der Waals surface area contributed by atoms with Gasteiger partial charge in [-0.2, -0.15) is 26.3 Å². The second-order valence-electron chi connectivity index (χ2n) is 5.82. The number of hydrogen-bond acceptors (Lipinski definition) is 2. The Kier molecular flexibility index (Phi) is 5.00. The van der Waals surface area contributed by atoms with Gasteiger partial charge in [0.15, 0.2) is 0 Å². The molecule has 0 aliphatic rings. The molecule has 0 aliphatic carbocycles. The normalized spacial score (nSPS) is 12.4. The Labute approximate surface area is 158 Å². The zero-order chi connectivity index (χ0) is 20.7. The number of pyridine rings is 1. The third-order valence-corrected chi connectivity index (χ3v) is 3.99. The smallest absolute Gasteiger partial charge is 0.346 e. The summed E-state index contributed by atoms with van der Waals surface area (Å²) in [7, 11) is 0. The minimum absolute atomic E-state index is 0.0391. The number of rotatable bonds is 3. The van der Waals surface area contributed by atoms with Gasteiger partial charge < -0.3 is 9.72 Å². The lowest BCUT2D eigenvalue weighted by Gasteiger charge is -2.14. The zero-order valence-corrected chi connectivity index (χ0v) is 14.5. The fourth-order valence-electron chi connectivity index (χ4n) is 2.45. The highest BCUT2D eigenvalue weighted by Crippen LogP contribution is 2.36. The molecule has 11 heteroatoms. The molecule has 0 saturated carbocycles. The summed E-state index contributed by atoms with van der Waals surface area (Å²) < 4.78 is 78.9. The average Bonchev–Trinajstić information content (AvgIpc) is 2.99. The number of nitrogens with one attached hydrogen (secondary N) is 1. The average molecular weight is 422 g/mol. The van der Waals surface area contributed by atoms with E-state index in [0.717, 1.165) is 0 Å². The van der Waals surface area contributed by atoms with Crippen LogP contribution in [0.15, 0.2) is 42.7 Å². The Morgan fingerprint density at radius 1 is 1.04 bits per heavy atom. The van der Waals surface area contributed by atoms with Gasteiger partial charge in [-0.05, 0) is 30.3 Å². The predicted octanol–water partition coefficient (Wildman–Crippen LogP) is 4.96. The van der Waals surface area contributed by atoms with E-state index in [-0.39, 0.29) is 12.6 Å². The molecule has 1 N–H and O–H groups in total. The Morgan fingerprint density at radius 2 is 1.64 bits per heavy atom. The molecule has 0 saturated heterocycles. The molecule has 0 aliphatic heterocycles. The van der Waals surface area contributed by atoms with Crippen LogP contribution in [0.1, 0.15) is 27.2 Å². The molecule has 0 unspecified atom stereocenters. The number of halogens is 7. The number of nitrogens with zero attached hydrogens (tertiary/aromatic N) is 2. The number of amides is 1. The molecule has 0 fully saturated rings. The Morgan fingerprint density at radius 3 is 2.21 bits per heavy atom. The highest BCUT2D eigenvalue weighted by molar-refractivity contribution is 6.30. The Bertz CT molecular complexity index is 1010. The SMILES string of the molecule is O=C(NCc1cn2ccc(Cl)cc2n1)c1cc(C(F)(F)F)cc(C(F)(F)F)c1. The van der Waals surface area contributed by atoms with Gasteiger partial charge in [0.05, 0.1) is 23.4 Å². The van der Waals surface area contributed by atoms with Crippen molar-refractivity contribution in [3.63, 3.8) is 0 Å². The first-order valence-corrected chi connectivity index (χ1v) is 8.02. The quantitative estimate of drug-likeness (QED) is 0.608. The van der Waals surface area contributed by atoms with E-state index in [1.54, 1.807) is 28.9 Å². The van der Waals surface area contributed by atoms with Crippen molar-refractivity contribution in [2.75, 3.05) is 0 Å². The molecule has 2 heterocycles. The molecular weight excluding hydrogens is 412 g/mol. The van der Waals surface area contributed by atoms with Crippen molar-refractivity contribution >= 4 is 23.2 Å². The first-order valence-electron chi connectivity index (χ1n) is 7.64. The standard InChI is InChI=1S/C17H10ClF6N3O/c18-12-1-2-27-8-13(26-14(27)6-12)7-25-15(28)9-3-10(16(19,20)21)5-11(4-9)17(22,23)24/h1-6,8H,7H2,(H,25,28). The van der Waals surface area contributed by atoms with E-state index in [1.165, 1.54) is 0 Å². The van der Waals surface area contributed by atoms with E-state index in [0.29, 0.717) is 28.5 Å². The van der Waals surface area contributed by atoms with E-state index < -0.39 is 35.0 Å². The van der Waals surface area contributed by atoms with E-state index in [9.17, 15) is 31.1 Å². The van der Waals surface area contributed by atoms with Gasteiger partial charge in [-0.3, -0.25) is 4.79 Å². The van der Waals surface area contributed by atoms with Crippen LogP contribution in [0, 0.1) is 0 Å². The molecule has 0 atom stereocenters. The lowest BCUT2D eigenvalue weighted by atomic mass is 10.0. The van der Waals surface area contributed by atoms with Crippen LogP contribution in [0.25, 0.3) is 5.65 Å². The van der Waals surface area contributed by atoms with Crippen LogP contribution in [0.2, 0.25) is 5.02 Å². The molecule has 4 nitrogen and oxygen atoms in total. The molecule has 1 aromatic carbocycles. The number of carbonyl (C=O) groups excluding carboxylic acids is 1. The van der Waals surface area contributed by atoms with Gasteiger partial charge in [0.25, 0.3) is 5.91 Å². The van der Waals surface area contributed by atoms with Crippen LogP contribution in [0.3, 0.4) is 0 Å².